The predicted molar refractivity (Wildman–Crippen MR) is 118 cm³/mol. The van der Waals surface area contributed by atoms with Crippen LogP contribution in [0.5, 0.6) is 11.5 Å². The van der Waals surface area contributed by atoms with Crippen LogP contribution in [0.15, 0.2) is 18.2 Å². The number of carboxylic acids is 1. The van der Waals surface area contributed by atoms with Gasteiger partial charge in [-0.1, -0.05) is 45.1 Å². The molecule has 0 saturated carbocycles. The molecule has 1 unspecified atom stereocenters. The summed E-state index contributed by atoms with van der Waals surface area (Å²) in [4.78, 5) is 13.3. The van der Waals surface area contributed by atoms with Crippen molar-refractivity contribution >= 4 is 18.4 Å². The molecule has 3 rings (SSSR count). The van der Waals surface area contributed by atoms with Crippen LogP contribution in [0.25, 0.3) is 0 Å². The van der Waals surface area contributed by atoms with E-state index in [-0.39, 0.29) is 17.8 Å². The predicted octanol–water partition coefficient (Wildman–Crippen LogP) is 5.05. The second kappa shape index (κ2) is 11.1. The van der Waals surface area contributed by atoms with Gasteiger partial charge in [0.2, 0.25) is 0 Å². The van der Waals surface area contributed by atoms with Gasteiger partial charge in [-0.3, -0.25) is 9.69 Å². The van der Waals surface area contributed by atoms with Gasteiger partial charge in [0.15, 0.2) is 0 Å². The van der Waals surface area contributed by atoms with Gasteiger partial charge in [-0.2, -0.15) is 0 Å². The molecule has 1 saturated heterocycles. The number of carbonyl (C=O) groups is 1. The van der Waals surface area contributed by atoms with Gasteiger partial charge in [0.1, 0.15) is 17.5 Å². The Labute approximate surface area is 181 Å². The zero-order valence-electron chi connectivity index (χ0n) is 17.8. The highest BCUT2D eigenvalue weighted by Crippen LogP contribution is 2.46. The third-order valence-corrected chi connectivity index (χ3v) is 6.46. The maximum Gasteiger partial charge on any atom is 0.320 e. The van der Waals surface area contributed by atoms with Crippen molar-refractivity contribution in [2.45, 2.75) is 76.7 Å². The van der Waals surface area contributed by atoms with Crippen LogP contribution >= 0.6 is 12.4 Å². The van der Waals surface area contributed by atoms with Crippen LogP contribution in [-0.2, 0) is 10.2 Å². The number of likely N-dealkylation sites (tertiary alicyclic amines) is 1. The number of nitrogens with zero attached hydrogens (tertiary/aromatic N) is 1. The number of unbranched alkanes of at least 4 members (excludes halogenated alkanes) is 5. The zero-order valence-corrected chi connectivity index (χ0v) is 18.6. The average Bonchev–Trinajstić information content (AvgIpc) is 3.05. The second-order valence-corrected chi connectivity index (χ2v) is 8.39. The largest absolute Gasteiger partial charge is 0.493 e. The standard InChI is InChI=1S/C23H35NO4.ClH/c1-3-4-5-6-7-8-15-27-19-9-10-20-21(16-19)28-17-23(20)11-13-24(14-12-23)18(2)22(25)26;/h9-10,16,18H,3-8,11-15,17H2,1-2H3,(H,25,26);1H. The lowest BCUT2D eigenvalue weighted by Crippen LogP contribution is -2.49. The Hall–Kier alpha value is -1.46. The summed E-state index contributed by atoms with van der Waals surface area (Å²) in [5, 5.41) is 9.24. The lowest BCUT2D eigenvalue weighted by Gasteiger charge is -2.40. The molecule has 29 heavy (non-hydrogen) atoms. The number of carboxylic acid groups (broad SMARTS) is 1. The summed E-state index contributed by atoms with van der Waals surface area (Å²) in [5.41, 5.74) is 1.30. The van der Waals surface area contributed by atoms with E-state index in [0.717, 1.165) is 50.5 Å². The summed E-state index contributed by atoms with van der Waals surface area (Å²) in [6.07, 6.45) is 9.45. The van der Waals surface area contributed by atoms with E-state index in [2.05, 4.69) is 24.0 Å². The summed E-state index contributed by atoms with van der Waals surface area (Å²) < 4.78 is 12.0. The highest BCUT2D eigenvalue weighted by Gasteiger charge is 2.44. The third kappa shape index (κ3) is 5.79. The Morgan fingerprint density at radius 1 is 1.21 bits per heavy atom. The molecule has 0 radical (unpaired) electrons. The summed E-state index contributed by atoms with van der Waals surface area (Å²) in [6.45, 7) is 7.06. The fourth-order valence-corrected chi connectivity index (χ4v) is 4.43. The molecule has 1 spiro atoms. The summed E-state index contributed by atoms with van der Waals surface area (Å²) in [6, 6.07) is 5.85. The Kier molecular flexibility index (Phi) is 9.09. The van der Waals surface area contributed by atoms with Crippen molar-refractivity contribution in [1.29, 1.82) is 0 Å². The molecule has 1 aromatic carbocycles. The topological polar surface area (TPSA) is 59.0 Å². The average molecular weight is 426 g/mol. The molecule has 0 amide bonds. The first-order valence-electron chi connectivity index (χ1n) is 10.9. The van der Waals surface area contributed by atoms with E-state index >= 15 is 0 Å². The van der Waals surface area contributed by atoms with Crippen LogP contribution in [0.3, 0.4) is 0 Å². The van der Waals surface area contributed by atoms with E-state index in [4.69, 9.17) is 9.47 Å². The first kappa shape index (κ1) is 23.8. The number of piperidine rings is 1. The fourth-order valence-electron chi connectivity index (χ4n) is 4.43. The first-order chi connectivity index (χ1) is 13.6. The molecule has 6 heteroatoms. The molecular formula is C23H36ClNO4. The number of benzene rings is 1. The van der Waals surface area contributed by atoms with Gasteiger partial charge in [0.25, 0.3) is 0 Å². The van der Waals surface area contributed by atoms with E-state index in [1.165, 1.54) is 37.7 Å². The molecule has 1 atom stereocenters. The molecule has 5 nitrogen and oxygen atoms in total. The number of hydrogen-bond donors (Lipinski definition) is 1. The van der Waals surface area contributed by atoms with Crippen LogP contribution < -0.4 is 9.47 Å². The van der Waals surface area contributed by atoms with Crippen LogP contribution in [0.2, 0.25) is 0 Å². The number of rotatable bonds is 10. The Bertz CT molecular complexity index is 658. The lowest BCUT2D eigenvalue weighted by molar-refractivity contribution is -0.143. The van der Waals surface area contributed by atoms with Crippen LogP contribution in [0, 0.1) is 0 Å². The summed E-state index contributed by atoms with van der Waals surface area (Å²) >= 11 is 0. The molecule has 1 aromatic rings. The van der Waals surface area contributed by atoms with Gasteiger partial charge >= 0.3 is 5.97 Å². The fraction of sp³-hybridized carbons (Fsp3) is 0.696. The number of hydrogen-bond acceptors (Lipinski definition) is 4. The van der Waals surface area contributed by atoms with Crippen molar-refractivity contribution in [2.24, 2.45) is 0 Å². The minimum Gasteiger partial charge on any atom is -0.493 e. The molecule has 164 valence electrons. The van der Waals surface area contributed by atoms with Gasteiger partial charge in [-0.25, -0.2) is 0 Å². The molecule has 2 aliphatic heterocycles. The monoisotopic (exact) mass is 425 g/mol. The lowest BCUT2D eigenvalue weighted by atomic mass is 9.74. The molecule has 2 heterocycles. The SMILES string of the molecule is CCCCCCCCOc1ccc2c(c1)OCC21CCN(C(C)C(=O)O)CC1.Cl. The van der Waals surface area contributed by atoms with Crippen molar-refractivity contribution in [3.05, 3.63) is 23.8 Å². The molecule has 0 bridgehead atoms. The highest BCUT2D eigenvalue weighted by molar-refractivity contribution is 5.85. The molecule has 2 aliphatic rings. The Morgan fingerprint density at radius 2 is 1.90 bits per heavy atom. The van der Waals surface area contributed by atoms with Gasteiger partial charge in [0, 0.05) is 17.0 Å². The first-order valence-corrected chi connectivity index (χ1v) is 10.9. The maximum absolute atomic E-state index is 11.2. The molecule has 0 aromatic heterocycles. The number of aliphatic carboxylic acids is 1. The number of ether oxygens (including phenoxy) is 2. The van der Waals surface area contributed by atoms with Crippen molar-refractivity contribution in [1.82, 2.24) is 4.90 Å². The van der Waals surface area contributed by atoms with Crippen molar-refractivity contribution in [3.63, 3.8) is 0 Å². The van der Waals surface area contributed by atoms with Gasteiger partial charge in [0.05, 0.1) is 13.2 Å². The Morgan fingerprint density at radius 3 is 2.59 bits per heavy atom. The summed E-state index contributed by atoms with van der Waals surface area (Å²) in [5.74, 6) is 1.09. The van der Waals surface area contributed by atoms with Crippen molar-refractivity contribution < 1.29 is 19.4 Å². The Balaban J connectivity index is 0.00000300. The van der Waals surface area contributed by atoms with Gasteiger partial charge in [-0.15, -0.1) is 12.4 Å². The number of fused-ring (bicyclic) bond motifs is 2. The smallest absolute Gasteiger partial charge is 0.320 e. The van der Waals surface area contributed by atoms with Gasteiger partial charge in [-0.05, 0) is 45.3 Å². The van der Waals surface area contributed by atoms with Gasteiger partial charge < -0.3 is 14.6 Å². The normalized spacial score (nSPS) is 18.6. The second-order valence-electron chi connectivity index (χ2n) is 8.39. The summed E-state index contributed by atoms with van der Waals surface area (Å²) in [7, 11) is 0. The quantitative estimate of drug-likeness (QED) is 0.531. The van der Waals surface area contributed by atoms with E-state index in [1.54, 1.807) is 6.92 Å². The van der Waals surface area contributed by atoms with Crippen LogP contribution in [0.1, 0.15) is 70.8 Å². The molecular weight excluding hydrogens is 390 g/mol. The highest BCUT2D eigenvalue weighted by atomic mass is 35.5. The zero-order chi connectivity index (χ0) is 20.0. The number of halogens is 1. The third-order valence-electron chi connectivity index (χ3n) is 6.46. The van der Waals surface area contributed by atoms with Crippen molar-refractivity contribution in [3.8, 4) is 11.5 Å². The minimum atomic E-state index is -0.744. The van der Waals surface area contributed by atoms with Crippen molar-refractivity contribution in [2.75, 3.05) is 26.3 Å². The van der Waals surface area contributed by atoms with Crippen LogP contribution in [-0.4, -0.2) is 48.3 Å². The molecule has 1 N–H and O–H groups in total. The van der Waals surface area contributed by atoms with Crippen LogP contribution in [0.4, 0.5) is 0 Å². The molecule has 1 fully saturated rings. The molecule has 0 aliphatic carbocycles. The van der Waals surface area contributed by atoms with E-state index < -0.39 is 12.0 Å². The minimum absolute atomic E-state index is 0. The van der Waals surface area contributed by atoms with E-state index in [1.807, 2.05) is 6.07 Å². The van der Waals surface area contributed by atoms with E-state index in [0.29, 0.717) is 6.61 Å². The maximum atomic E-state index is 11.2. The van der Waals surface area contributed by atoms with E-state index in [9.17, 15) is 9.90 Å².